The third-order valence-corrected chi connectivity index (χ3v) is 1.76. The highest BCUT2D eigenvalue weighted by Crippen LogP contribution is 1.94. The van der Waals surface area contributed by atoms with Crippen LogP contribution in [-0.4, -0.2) is 24.4 Å². The first-order valence-corrected chi connectivity index (χ1v) is 5.26. The van der Waals surface area contributed by atoms with Gasteiger partial charge in [-0.05, 0) is 32.8 Å². The van der Waals surface area contributed by atoms with E-state index in [0.29, 0.717) is 13.0 Å². The second-order valence-corrected chi connectivity index (χ2v) is 3.67. The van der Waals surface area contributed by atoms with Gasteiger partial charge in [0.1, 0.15) is 0 Å². The normalized spacial score (nSPS) is 9.80. The van der Waals surface area contributed by atoms with Crippen molar-refractivity contribution in [1.29, 1.82) is 0 Å². The molecular weight excluding hydrogens is 192 g/mol. The van der Waals surface area contributed by atoms with Crippen LogP contribution in [0.25, 0.3) is 0 Å². The van der Waals surface area contributed by atoms with E-state index < -0.39 is 0 Å². The van der Waals surface area contributed by atoms with Crippen LogP contribution in [0, 0.1) is 0 Å². The molecule has 4 heteroatoms. The topological polar surface area (TPSA) is 58.2 Å². The molecule has 0 aliphatic carbocycles. The predicted octanol–water partition coefficient (Wildman–Crippen LogP) is 0.983. The number of rotatable bonds is 7. The fourth-order valence-corrected chi connectivity index (χ4v) is 1.09. The quantitative estimate of drug-likeness (QED) is 0.488. The molecule has 0 spiro atoms. The molecule has 0 bridgehead atoms. The number of hydrogen-bond donors (Lipinski definition) is 2. The van der Waals surface area contributed by atoms with Gasteiger partial charge < -0.3 is 10.6 Å². The molecule has 0 saturated heterocycles. The van der Waals surface area contributed by atoms with Crippen molar-refractivity contribution in [2.24, 2.45) is 0 Å². The van der Waals surface area contributed by atoms with Crippen molar-refractivity contribution in [1.82, 2.24) is 10.6 Å². The minimum absolute atomic E-state index is 0.0695. The zero-order valence-electron chi connectivity index (χ0n) is 9.51. The first-order valence-electron chi connectivity index (χ1n) is 5.26. The molecule has 0 aromatic heterocycles. The van der Waals surface area contributed by atoms with Crippen LogP contribution in [0.5, 0.6) is 0 Å². The highest BCUT2D eigenvalue weighted by atomic mass is 16.2. The van der Waals surface area contributed by atoms with Crippen LogP contribution in [-0.2, 0) is 9.59 Å². The van der Waals surface area contributed by atoms with E-state index in [2.05, 4.69) is 17.2 Å². The molecule has 0 atom stereocenters. The lowest BCUT2D eigenvalue weighted by Crippen LogP contribution is -2.30. The molecule has 0 radical (unpaired) electrons. The Bertz CT molecular complexity index is 225. The lowest BCUT2D eigenvalue weighted by molar-refractivity contribution is -0.121. The summed E-state index contributed by atoms with van der Waals surface area (Å²) in [7, 11) is 0. The second kappa shape index (κ2) is 8.03. The smallest absolute Gasteiger partial charge is 0.243 e. The van der Waals surface area contributed by atoms with Crippen LogP contribution < -0.4 is 10.6 Å². The highest BCUT2D eigenvalue weighted by Gasteiger charge is 2.02. The summed E-state index contributed by atoms with van der Waals surface area (Å²) < 4.78 is 0. The van der Waals surface area contributed by atoms with Crippen molar-refractivity contribution in [3.05, 3.63) is 12.7 Å². The largest absolute Gasteiger partial charge is 0.354 e. The Morgan fingerprint density at radius 3 is 2.53 bits per heavy atom. The van der Waals surface area contributed by atoms with Gasteiger partial charge >= 0.3 is 0 Å². The summed E-state index contributed by atoms with van der Waals surface area (Å²) in [6.07, 6.45) is 3.36. The third-order valence-electron chi connectivity index (χ3n) is 1.76. The van der Waals surface area contributed by atoms with Gasteiger partial charge in [0.2, 0.25) is 11.8 Å². The SMILES string of the molecule is C=CC(=O)NCCCCC(=O)NC(C)C. The van der Waals surface area contributed by atoms with E-state index >= 15 is 0 Å². The van der Waals surface area contributed by atoms with Gasteiger partial charge in [-0.15, -0.1) is 0 Å². The Hall–Kier alpha value is -1.32. The molecular formula is C11H20N2O2. The van der Waals surface area contributed by atoms with E-state index in [1.165, 1.54) is 6.08 Å². The van der Waals surface area contributed by atoms with Gasteiger partial charge in [0, 0.05) is 19.0 Å². The van der Waals surface area contributed by atoms with Gasteiger partial charge in [0.05, 0.1) is 0 Å². The lowest BCUT2D eigenvalue weighted by Gasteiger charge is -2.07. The van der Waals surface area contributed by atoms with Crippen molar-refractivity contribution >= 4 is 11.8 Å². The summed E-state index contributed by atoms with van der Waals surface area (Å²) in [5.41, 5.74) is 0. The van der Waals surface area contributed by atoms with Gasteiger partial charge in [-0.2, -0.15) is 0 Å². The Balaban J connectivity index is 3.34. The van der Waals surface area contributed by atoms with Gasteiger partial charge in [0.25, 0.3) is 0 Å². The monoisotopic (exact) mass is 212 g/mol. The van der Waals surface area contributed by atoms with Gasteiger partial charge in [0.15, 0.2) is 0 Å². The summed E-state index contributed by atoms with van der Waals surface area (Å²) in [4.78, 5) is 21.9. The lowest BCUT2D eigenvalue weighted by atomic mass is 10.2. The maximum Gasteiger partial charge on any atom is 0.243 e. The van der Waals surface area contributed by atoms with Crippen LogP contribution in [0.2, 0.25) is 0 Å². The van der Waals surface area contributed by atoms with Gasteiger partial charge in [-0.1, -0.05) is 6.58 Å². The second-order valence-electron chi connectivity index (χ2n) is 3.67. The number of carbonyl (C=O) groups excluding carboxylic acids is 2. The standard InChI is InChI=1S/C11H20N2O2/c1-4-10(14)12-8-6-5-7-11(15)13-9(2)3/h4,9H,1,5-8H2,2-3H3,(H,12,14)(H,13,15). The Labute approximate surface area is 91.1 Å². The molecule has 0 aliphatic rings. The first-order chi connectivity index (χ1) is 7.06. The fourth-order valence-electron chi connectivity index (χ4n) is 1.09. The molecule has 0 fully saturated rings. The molecule has 0 aromatic rings. The van der Waals surface area contributed by atoms with Gasteiger partial charge in [-0.3, -0.25) is 9.59 Å². The molecule has 15 heavy (non-hydrogen) atoms. The summed E-state index contributed by atoms with van der Waals surface area (Å²) >= 11 is 0. The van der Waals surface area contributed by atoms with E-state index in [1.54, 1.807) is 0 Å². The molecule has 0 rings (SSSR count). The average molecular weight is 212 g/mol. The van der Waals surface area contributed by atoms with Crippen molar-refractivity contribution < 1.29 is 9.59 Å². The maximum atomic E-state index is 11.2. The minimum Gasteiger partial charge on any atom is -0.354 e. The Morgan fingerprint density at radius 2 is 2.00 bits per heavy atom. The minimum atomic E-state index is -0.165. The van der Waals surface area contributed by atoms with Crippen LogP contribution in [0.3, 0.4) is 0 Å². The van der Waals surface area contributed by atoms with Crippen LogP contribution in [0.4, 0.5) is 0 Å². The Kier molecular flexibility index (Phi) is 7.32. The van der Waals surface area contributed by atoms with E-state index in [4.69, 9.17) is 0 Å². The number of hydrogen-bond acceptors (Lipinski definition) is 2. The summed E-state index contributed by atoms with van der Waals surface area (Å²) in [6, 6.07) is 0.193. The molecule has 0 heterocycles. The predicted molar refractivity (Wildman–Crippen MR) is 60.3 cm³/mol. The zero-order valence-corrected chi connectivity index (χ0v) is 9.51. The number of amides is 2. The first kappa shape index (κ1) is 13.7. The molecule has 0 saturated carbocycles. The van der Waals surface area contributed by atoms with Crippen molar-refractivity contribution in [2.75, 3.05) is 6.54 Å². The van der Waals surface area contributed by atoms with E-state index in [-0.39, 0.29) is 17.9 Å². The van der Waals surface area contributed by atoms with Crippen molar-refractivity contribution in [2.45, 2.75) is 39.2 Å². The average Bonchev–Trinajstić information content (AvgIpc) is 2.15. The zero-order chi connectivity index (χ0) is 11.7. The van der Waals surface area contributed by atoms with E-state index in [9.17, 15) is 9.59 Å². The highest BCUT2D eigenvalue weighted by molar-refractivity contribution is 5.86. The molecule has 86 valence electrons. The van der Waals surface area contributed by atoms with Gasteiger partial charge in [-0.25, -0.2) is 0 Å². The number of unbranched alkanes of at least 4 members (excludes halogenated alkanes) is 1. The third kappa shape index (κ3) is 9.00. The maximum absolute atomic E-state index is 11.2. The van der Waals surface area contributed by atoms with Crippen molar-refractivity contribution in [3.8, 4) is 0 Å². The van der Waals surface area contributed by atoms with E-state index in [0.717, 1.165) is 12.8 Å². The number of carbonyl (C=O) groups is 2. The summed E-state index contributed by atoms with van der Waals surface area (Å²) in [5.74, 6) is -0.0957. The summed E-state index contributed by atoms with van der Waals surface area (Å²) in [6.45, 7) is 7.81. The molecule has 2 N–H and O–H groups in total. The van der Waals surface area contributed by atoms with Crippen LogP contribution in [0.1, 0.15) is 33.1 Å². The van der Waals surface area contributed by atoms with Crippen LogP contribution in [0.15, 0.2) is 12.7 Å². The molecule has 2 amide bonds. The Morgan fingerprint density at radius 1 is 1.33 bits per heavy atom. The van der Waals surface area contributed by atoms with Crippen molar-refractivity contribution in [3.63, 3.8) is 0 Å². The number of nitrogens with one attached hydrogen (secondary N) is 2. The fraction of sp³-hybridized carbons (Fsp3) is 0.636. The molecule has 0 unspecified atom stereocenters. The molecule has 0 aromatic carbocycles. The molecule has 4 nitrogen and oxygen atoms in total. The van der Waals surface area contributed by atoms with Crippen LogP contribution >= 0.6 is 0 Å². The van der Waals surface area contributed by atoms with E-state index in [1.807, 2.05) is 13.8 Å². The summed E-state index contributed by atoms with van der Waals surface area (Å²) in [5, 5.41) is 5.47. The molecule has 0 aliphatic heterocycles.